The lowest BCUT2D eigenvalue weighted by Crippen LogP contribution is -2.35. The summed E-state index contributed by atoms with van der Waals surface area (Å²) in [6.07, 6.45) is -4.52. The Labute approximate surface area is 72.8 Å². The Morgan fingerprint density at radius 1 is 1.23 bits per heavy atom. The largest absolute Gasteiger partial charge is 0.728 e. The molecule has 70 valence electrons. The van der Waals surface area contributed by atoms with E-state index in [9.17, 15) is 13.2 Å². The Morgan fingerprint density at radius 3 is 2.15 bits per heavy atom. The summed E-state index contributed by atoms with van der Waals surface area (Å²) in [6.45, 7) is 0. The van der Waals surface area contributed by atoms with Crippen molar-refractivity contribution in [2.75, 3.05) is 0 Å². The fraction of sp³-hybridized carbons (Fsp3) is 0.143. The quantitative estimate of drug-likeness (QED) is 0.497. The molecule has 6 heteroatoms. The minimum atomic E-state index is -4.52. The van der Waals surface area contributed by atoms with Gasteiger partial charge in [0.05, 0.1) is 11.0 Å². The Kier molecular flexibility index (Phi) is 2.63. The highest BCUT2D eigenvalue weighted by Gasteiger charge is 2.39. The molecule has 0 aromatic heterocycles. The summed E-state index contributed by atoms with van der Waals surface area (Å²) >= 11 is 0. The molecule has 2 nitrogen and oxygen atoms in total. The molecule has 0 saturated heterocycles. The summed E-state index contributed by atoms with van der Waals surface area (Å²) < 4.78 is 36.6. The van der Waals surface area contributed by atoms with Crippen LogP contribution in [-0.2, 0) is 6.18 Å². The molecule has 3 N–H and O–H groups in total. The molecule has 0 bridgehead atoms. The van der Waals surface area contributed by atoms with E-state index in [4.69, 9.17) is 10.0 Å². The Balaban J connectivity index is 3.20. The van der Waals surface area contributed by atoms with Crippen LogP contribution in [0.4, 0.5) is 13.2 Å². The Hall–Kier alpha value is -1.01. The van der Waals surface area contributed by atoms with Crippen molar-refractivity contribution in [3.8, 4) is 0 Å². The van der Waals surface area contributed by atoms with Crippen molar-refractivity contribution in [1.82, 2.24) is 0 Å². The van der Waals surface area contributed by atoms with Crippen molar-refractivity contribution >= 4 is 12.6 Å². The van der Waals surface area contributed by atoms with Crippen LogP contribution in [0, 0.1) is 0 Å². The van der Waals surface area contributed by atoms with Crippen LogP contribution in [0.5, 0.6) is 0 Å². The van der Waals surface area contributed by atoms with Gasteiger partial charge in [0, 0.05) is 0 Å². The van der Waals surface area contributed by atoms with E-state index in [1.165, 1.54) is 12.1 Å². The van der Waals surface area contributed by atoms with Crippen LogP contribution < -0.4 is 5.46 Å². The third kappa shape index (κ3) is 2.23. The molecule has 0 radical (unpaired) electrons. The fourth-order valence-electron chi connectivity index (χ4n) is 0.994. The maximum absolute atomic E-state index is 12.2. The van der Waals surface area contributed by atoms with Crippen LogP contribution in [0.15, 0.2) is 24.3 Å². The Bertz CT molecular complexity index is 298. The Morgan fingerprint density at radius 2 is 1.77 bits per heavy atom. The van der Waals surface area contributed by atoms with Crippen LogP contribution in [0.1, 0.15) is 5.56 Å². The van der Waals surface area contributed by atoms with Gasteiger partial charge in [-0.2, -0.15) is 13.2 Å². The molecule has 1 rings (SSSR count). The van der Waals surface area contributed by atoms with Gasteiger partial charge in [0.15, 0.2) is 0 Å². The van der Waals surface area contributed by atoms with Crippen LogP contribution >= 0.6 is 0 Å². The van der Waals surface area contributed by atoms with E-state index >= 15 is 0 Å². The lowest BCUT2D eigenvalue weighted by atomic mass is 9.77. The van der Waals surface area contributed by atoms with Gasteiger partial charge < -0.3 is 10.0 Å². The summed E-state index contributed by atoms with van der Waals surface area (Å²) in [6, 6.07) is 4.49. The zero-order valence-electron chi connectivity index (χ0n) is 6.47. The monoisotopic (exact) mass is 191 g/mol. The van der Waals surface area contributed by atoms with Gasteiger partial charge in [-0.1, -0.05) is 24.3 Å². The van der Waals surface area contributed by atoms with Gasteiger partial charge in [-0.25, -0.2) is 0 Å². The van der Waals surface area contributed by atoms with Crippen molar-refractivity contribution < 1.29 is 23.2 Å². The SMILES string of the molecule is OB([OH2+])c1ccccc1C(F)(F)F. The van der Waals surface area contributed by atoms with E-state index < -0.39 is 24.3 Å². The van der Waals surface area contributed by atoms with Crippen molar-refractivity contribution in [3.05, 3.63) is 29.8 Å². The molecule has 13 heavy (non-hydrogen) atoms. The molecule has 0 saturated carbocycles. The third-order valence-electron chi connectivity index (χ3n) is 1.56. The third-order valence-corrected chi connectivity index (χ3v) is 1.56. The van der Waals surface area contributed by atoms with E-state index in [0.717, 1.165) is 12.1 Å². The molecule has 0 heterocycles. The average Bonchev–Trinajstić information content (AvgIpc) is 2.03. The maximum atomic E-state index is 12.2. The van der Waals surface area contributed by atoms with Crippen molar-refractivity contribution in [2.24, 2.45) is 0 Å². The average molecular weight is 191 g/mol. The van der Waals surface area contributed by atoms with Crippen molar-refractivity contribution in [3.63, 3.8) is 0 Å². The molecule has 0 aliphatic carbocycles. The van der Waals surface area contributed by atoms with Crippen molar-refractivity contribution in [2.45, 2.75) is 6.18 Å². The normalized spacial score (nSPS) is 11.5. The summed E-state index contributed by atoms with van der Waals surface area (Å²) in [7, 11) is -1.85. The van der Waals surface area contributed by atoms with Gasteiger partial charge >= 0.3 is 13.3 Å². The van der Waals surface area contributed by atoms with Crippen molar-refractivity contribution in [1.29, 1.82) is 0 Å². The lowest BCUT2D eigenvalue weighted by molar-refractivity contribution is -0.136. The highest BCUT2D eigenvalue weighted by atomic mass is 19.4. The first-order valence-electron chi connectivity index (χ1n) is 3.48. The van der Waals surface area contributed by atoms with E-state index in [2.05, 4.69) is 0 Å². The number of benzene rings is 1. The molecule has 1 aromatic rings. The highest BCUT2D eigenvalue weighted by Crippen LogP contribution is 2.27. The van der Waals surface area contributed by atoms with Crippen LogP contribution in [-0.4, -0.2) is 17.2 Å². The van der Waals surface area contributed by atoms with Crippen LogP contribution in [0.25, 0.3) is 0 Å². The molecule has 1 aromatic carbocycles. The summed E-state index contributed by atoms with van der Waals surface area (Å²) in [5, 5.41) is 15.5. The van der Waals surface area contributed by atoms with E-state index in [1.54, 1.807) is 0 Å². The second-order valence-corrected chi connectivity index (χ2v) is 2.49. The first kappa shape index (κ1) is 10.1. The van der Waals surface area contributed by atoms with Gasteiger partial charge in [0.2, 0.25) is 0 Å². The molecule has 0 aliphatic heterocycles. The fourth-order valence-corrected chi connectivity index (χ4v) is 0.994. The minimum Gasteiger partial charge on any atom is -0.522 e. The highest BCUT2D eigenvalue weighted by molar-refractivity contribution is 6.59. The van der Waals surface area contributed by atoms with Gasteiger partial charge in [-0.3, -0.25) is 0 Å². The molecular weight excluding hydrogens is 184 g/mol. The van der Waals surface area contributed by atoms with Gasteiger partial charge in [-0.05, 0) is 0 Å². The maximum Gasteiger partial charge on any atom is 0.728 e. The molecule has 0 fully saturated rings. The molecule has 0 amide bonds. The zero-order chi connectivity index (χ0) is 10.1. The standard InChI is InChI=1S/C7H6BF3O2/c9-7(10,11)5-3-1-2-4-6(5)8(12)13/h1-4,12-13H/p+1. The first-order valence-corrected chi connectivity index (χ1v) is 3.48. The lowest BCUT2D eigenvalue weighted by Gasteiger charge is -2.08. The van der Waals surface area contributed by atoms with E-state index in [1.807, 2.05) is 0 Å². The number of hydrogen-bond acceptors (Lipinski definition) is 1. The van der Waals surface area contributed by atoms with Crippen LogP contribution in [0.2, 0.25) is 0 Å². The predicted octanol–water partition coefficient (Wildman–Crippen LogP) is 0.117. The molecule has 0 spiro atoms. The minimum absolute atomic E-state index is 0.421. The van der Waals surface area contributed by atoms with E-state index in [-0.39, 0.29) is 0 Å². The molecular formula is C7H7BF3O2+. The van der Waals surface area contributed by atoms with Gasteiger partial charge in [0.25, 0.3) is 0 Å². The number of rotatable bonds is 1. The summed E-state index contributed by atoms with van der Waals surface area (Å²) in [4.78, 5) is 0. The number of halogens is 3. The first-order chi connectivity index (χ1) is 5.93. The topological polar surface area (TPSA) is 43.1 Å². The zero-order valence-corrected chi connectivity index (χ0v) is 6.47. The summed E-state index contributed by atoms with van der Waals surface area (Å²) in [5.74, 6) is 0. The smallest absolute Gasteiger partial charge is 0.522 e. The van der Waals surface area contributed by atoms with Gasteiger partial charge in [0.1, 0.15) is 0 Å². The second kappa shape index (κ2) is 3.39. The van der Waals surface area contributed by atoms with Gasteiger partial charge in [-0.15, -0.1) is 0 Å². The molecule has 0 unspecified atom stereocenters. The summed E-state index contributed by atoms with van der Waals surface area (Å²) in [5.41, 5.74) is -1.38. The molecule has 0 aliphatic rings. The number of alkyl halides is 3. The number of hydrogen-bond donors (Lipinski definition) is 1. The predicted molar refractivity (Wildman–Crippen MR) is 42.7 cm³/mol. The molecule has 0 atom stereocenters. The van der Waals surface area contributed by atoms with Crippen LogP contribution in [0.3, 0.4) is 0 Å². The van der Waals surface area contributed by atoms with E-state index in [0.29, 0.717) is 0 Å². The second-order valence-electron chi connectivity index (χ2n) is 2.49.